The van der Waals surface area contributed by atoms with Gasteiger partial charge in [-0.25, -0.2) is 18.0 Å². The number of aryl methyl sites for hydroxylation is 1. The van der Waals surface area contributed by atoms with Crippen LogP contribution < -0.4 is 20.7 Å². The smallest absolute Gasteiger partial charge is 0.319 e. The summed E-state index contributed by atoms with van der Waals surface area (Å²) >= 11 is 0. The molecule has 2 heterocycles. The fraction of sp³-hybridized carbons (Fsp3) is 0.406. The van der Waals surface area contributed by atoms with Crippen molar-refractivity contribution >= 4 is 11.7 Å². The molecule has 2 amide bonds. The number of carbonyl (C=O) groups excluding carboxylic acids is 1. The van der Waals surface area contributed by atoms with Crippen molar-refractivity contribution in [1.29, 1.82) is 0 Å². The predicted molar refractivity (Wildman–Crippen MR) is 154 cm³/mol. The maximum absolute atomic E-state index is 13.9. The van der Waals surface area contributed by atoms with E-state index < -0.39 is 17.5 Å². The molecule has 2 aliphatic rings. The first-order valence-corrected chi connectivity index (χ1v) is 14.4. The number of rotatable bonds is 9. The molecule has 1 atom stereocenters. The number of anilines is 1. The fourth-order valence-electron chi connectivity index (χ4n) is 5.73. The normalized spacial score (nSPS) is 17.9. The second-order valence-electron chi connectivity index (χ2n) is 11.0. The van der Waals surface area contributed by atoms with E-state index in [4.69, 9.17) is 4.74 Å². The lowest BCUT2D eigenvalue weighted by molar-refractivity contribution is 0.204. The number of piperidine rings is 1. The molecule has 0 bridgehead atoms. The number of carbonyl (C=O) groups is 1. The van der Waals surface area contributed by atoms with E-state index in [1.54, 1.807) is 12.1 Å². The molecule has 0 aromatic heterocycles. The molecule has 3 N–H and O–H groups in total. The summed E-state index contributed by atoms with van der Waals surface area (Å²) in [6.45, 7) is 6.49. The van der Waals surface area contributed by atoms with Crippen molar-refractivity contribution in [3.05, 3.63) is 88.7 Å². The van der Waals surface area contributed by atoms with Crippen LogP contribution in [0.4, 0.5) is 23.7 Å². The Morgan fingerprint density at radius 1 is 0.976 bits per heavy atom. The third-order valence-electron chi connectivity index (χ3n) is 8.04. The highest BCUT2D eigenvalue weighted by molar-refractivity contribution is 5.89. The highest BCUT2D eigenvalue weighted by atomic mass is 19.2. The molecule has 1 unspecified atom stereocenters. The van der Waals surface area contributed by atoms with E-state index in [0.29, 0.717) is 36.4 Å². The number of likely N-dealkylation sites (tertiary alicyclic amines) is 1. The van der Waals surface area contributed by atoms with Crippen LogP contribution in [0.2, 0.25) is 0 Å². The Morgan fingerprint density at radius 3 is 2.46 bits per heavy atom. The van der Waals surface area contributed by atoms with E-state index in [1.165, 1.54) is 24.0 Å². The van der Waals surface area contributed by atoms with Gasteiger partial charge in [0.2, 0.25) is 0 Å². The minimum Gasteiger partial charge on any atom is -0.454 e. The lowest BCUT2D eigenvalue weighted by atomic mass is 9.86. The highest BCUT2D eigenvalue weighted by Gasteiger charge is 2.23. The van der Waals surface area contributed by atoms with Crippen LogP contribution in [0.3, 0.4) is 0 Å². The second-order valence-corrected chi connectivity index (χ2v) is 11.0. The maximum Gasteiger partial charge on any atom is 0.319 e. The van der Waals surface area contributed by atoms with Crippen LogP contribution in [0.15, 0.2) is 54.6 Å². The van der Waals surface area contributed by atoms with Crippen LogP contribution in [0.5, 0.6) is 11.5 Å². The molecule has 0 saturated carbocycles. The lowest BCUT2D eigenvalue weighted by Crippen LogP contribution is -2.33. The molecule has 0 radical (unpaired) electrons. The van der Waals surface area contributed by atoms with Gasteiger partial charge in [-0.3, -0.25) is 4.90 Å². The van der Waals surface area contributed by atoms with Gasteiger partial charge < -0.3 is 20.7 Å². The highest BCUT2D eigenvalue weighted by Crippen LogP contribution is 2.33. The summed E-state index contributed by atoms with van der Waals surface area (Å²) in [6.07, 6.45) is 5.36. The standard InChI is InChI=1S/C32H37F3N4O2/c1-21-4-7-25(38-32(40)37-14-10-24-3-2-13-36-24)17-27(21)23-11-15-39(16-12-23)20-22-5-8-26(9-6-22)41-31-19-29(34)28(33)18-30(31)35/h4-9,17-19,23-24,36H,2-3,10-16,20H2,1H3,(H2,37,38,40). The van der Waals surface area contributed by atoms with Crippen LogP contribution in [0.25, 0.3) is 0 Å². The zero-order valence-corrected chi connectivity index (χ0v) is 23.3. The molecule has 3 aromatic carbocycles. The number of nitrogens with zero attached hydrogens (tertiary/aromatic N) is 1. The first-order chi connectivity index (χ1) is 19.8. The number of benzene rings is 3. The van der Waals surface area contributed by atoms with E-state index in [1.807, 2.05) is 18.2 Å². The number of nitrogens with one attached hydrogen (secondary N) is 3. The first-order valence-electron chi connectivity index (χ1n) is 14.4. The summed E-state index contributed by atoms with van der Waals surface area (Å²) < 4.78 is 45.9. The first kappa shape index (κ1) is 29.0. The molecule has 3 aromatic rings. The van der Waals surface area contributed by atoms with E-state index in [-0.39, 0.29) is 11.8 Å². The zero-order chi connectivity index (χ0) is 28.8. The van der Waals surface area contributed by atoms with Gasteiger partial charge in [0.1, 0.15) is 5.75 Å². The van der Waals surface area contributed by atoms with Crippen molar-refractivity contribution in [2.75, 3.05) is 31.5 Å². The number of halogens is 3. The van der Waals surface area contributed by atoms with Crippen LogP contribution in [0.1, 0.15) is 54.7 Å². The summed E-state index contributed by atoms with van der Waals surface area (Å²) in [4.78, 5) is 14.8. The van der Waals surface area contributed by atoms with Gasteiger partial charge >= 0.3 is 6.03 Å². The lowest BCUT2D eigenvalue weighted by Gasteiger charge is -2.33. The number of hydrogen-bond acceptors (Lipinski definition) is 4. The third-order valence-corrected chi connectivity index (χ3v) is 8.04. The van der Waals surface area contributed by atoms with Crippen molar-refractivity contribution < 1.29 is 22.7 Å². The van der Waals surface area contributed by atoms with Crippen LogP contribution >= 0.6 is 0 Å². The molecular weight excluding hydrogens is 529 g/mol. The number of ether oxygens (including phenoxy) is 1. The average molecular weight is 567 g/mol. The molecule has 2 saturated heterocycles. The van der Waals surface area contributed by atoms with E-state index in [9.17, 15) is 18.0 Å². The van der Waals surface area contributed by atoms with Crippen molar-refractivity contribution in [2.24, 2.45) is 0 Å². The SMILES string of the molecule is Cc1ccc(NC(=O)NCCC2CCCN2)cc1C1CCN(Cc2ccc(Oc3cc(F)c(F)cc3F)cc2)CC1. The predicted octanol–water partition coefficient (Wildman–Crippen LogP) is 6.85. The second kappa shape index (κ2) is 13.4. The van der Waals surface area contributed by atoms with Gasteiger partial charge in [0.25, 0.3) is 0 Å². The molecular formula is C32H37F3N4O2. The summed E-state index contributed by atoms with van der Waals surface area (Å²) in [7, 11) is 0. The molecule has 0 aliphatic carbocycles. The Balaban J connectivity index is 1.09. The molecule has 2 aliphatic heterocycles. The molecule has 5 rings (SSSR count). The van der Waals surface area contributed by atoms with Crippen LogP contribution in [-0.4, -0.2) is 43.2 Å². The monoisotopic (exact) mass is 566 g/mol. The summed E-state index contributed by atoms with van der Waals surface area (Å²) in [5.74, 6) is -2.95. The molecule has 2 fully saturated rings. The zero-order valence-electron chi connectivity index (χ0n) is 23.3. The fourth-order valence-corrected chi connectivity index (χ4v) is 5.73. The Labute approximate surface area is 239 Å². The summed E-state index contributed by atoms with van der Waals surface area (Å²) in [5.41, 5.74) is 4.41. The van der Waals surface area contributed by atoms with Crippen molar-refractivity contribution in [3.8, 4) is 11.5 Å². The van der Waals surface area contributed by atoms with Crippen molar-refractivity contribution in [1.82, 2.24) is 15.5 Å². The van der Waals surface area contributed by atoms with Gasteiger partial charge in [0.15, 0.2) is 23.2 Å². The van der Waals surface area contributed by atoms with Gasteiger partial charge in [-0.2, -0.15) is 0 Å². The Bertz CT molecular complexity index is 1340. The molecule has 6 nitrogen and oxygen atoms in total. The summed E-state index contributed by atoms with van der Waals surface area (Å²) in [5, 5.41) is 9.42. The maximum atomic E-state index is 13.9. The molecule has 218 valence electrons. The van der Waals surface area contributed by atoms with Gasteiger partial charge in [0, 0.05) is 37.0 Å². The summed E-state index contributed by atoms with van der Waals surface area (Å²) in [6, 6.07) is 14.9. The van der Waals surface area contributed by atoms with E-state index in [0.717, 1.165) is 56.7 Å². The Morgan fingerprint density at radius 2 is 1.73 bits per heavy atom. The quantitative estimate of drug-likeness (QED) is 0.248. The van der Waals surface area contributed by atoms with E-state index in [2.05, 4.69) is 39.9 Å². The van der Waals surface area contributed by atoms with Crippen LogP contribution in [0, 0.1) is 24.4 Å². The van der Waals surface area contributed by atoms with Gasteiger partial charge in [-0.15, -0.1) is 0 Å². The molecule has 41 heavy (non-hydrogen) atoms. The number of hydrogen-bond donors (Lipinski definition) is 3. The topological polar surface area (TPSA) is 65.6 Å². The van der Waals surface area contributed by atoms with E-state index >= 15 is 0 Å². The third kappa shape index (κ3) is 7.80. The average Bonchev–Trinajstić information content (AvgIpc) is 3.48. The van der Waals surface area contributed by atoms with Crippen LogP contribution in [-0.2, 0) is 6.54 Å². The largest absolute Gasteiger partial charge is 0.454 e. The molecule has 0 spiro atoms. The minimum atomic E-state index is -1.25. The number of urea groups is 1. The van der Waals surface area contributed by atoms with Crippen molar-refractivity contribution in [2.45, 2.75) is 57.5 Å². The van der Waals surface area contributed by atoms with Gasteiger partial charge in [-0.05, 0) is 106 Å². The van der Waals surface area contributed by atoms with Crippen molar-refractivity contribution in [3.63, 3.8) is 0 Å². The Kier molecular flexibility index (Phi) is 9.46. The van der Waals surface area contributed by atoms with Gasteiger partial charge in [0.05, 0.1) is 0 Å². The molecule has 9 heteroatoms. The number of amides is 2. The Hall–Kier alpha value is -3.56. The minimum absolute atomic E-state index is 0.168. The van der Waals surface area contributed by atoms with Gasteiger partial charge in [-0.1, -0.05) is 18.2 Å².